The predicted octanol–water partition coefficient (Wildman–Crippen LogP) is 2.41. The van der Waals surface area contributed by atoms with Gasteiger partial charge < -0.3 is 5.11 Å². The maximum atomic E-state index is 9.99. The van der Waals surface area contributed by atoms with Crippen molar-refractivity contribution >= 4 is 0 Å². The summed E-state index contributed by atoms with van der Waals surface area (Å²) < 4.78 is 0. The zero-order valence-electron chi connectivity index (χ0n) is 10.3. The summed E-state index contributed by atoms with van der Waals surface area (Å²) in [5.74, 6) is 0. The molecule has 0 bridgehead atoms. The molecule has 1 saturated heterocycles. The van der Waals surface area contributed by atoms with E-state index >= 15 is 0 Å². The van der Waals surface area contributed by atoms with Gasteiger partial charge in [-0.15, -0.1) is 0 Å². The SMILES string of the molecule is CCC1(C(C)O)CCCN1C(C)(C)C. The molecule has 2 nitrogen and oxygen atoms in total. The van der Waals surface area contributed by atoms with Crippen LogP contribution < -0.4 is 0 Å². The van der Waals surface area contributed by atoms with Gasteiger partial charge in [0.2, 0.25) is 0 Å². The Hall–Kier alpha value is -0.0800. The molecule has 0 aromatic rings. The van der Waals surface area contributed by atoms with Gasteiger partial charge in [0, 0.05) is 11.1 Å². The number of aliphatic hydroxyl groups excluding tert-OH is 1. The number of rotatable bonds is 2. The van der Waals surface area contributed by atoms with Gasteiger partial charge >= 0.3 is 0 Å². The average molecular weight is 199 g/mol. The standard InChI is InChI=1S/C12H25NO/c1-6-12(10(2)14)8-7-9-13(12)11(3,4)5/h10,14H,6-9H2,1-5H3. The Balaban J connectivity index is 2.95. The van der Waals surface area contributed by atoms with Gasteiger partial charge in [0.25, 0.3) is 0 Å². The topological polar surface area (TPSA) is 23.5 Å². The van der Waals surface area contributed by atoms with E-state index in [4.69, 9.17) is 0 Å². The number of hydrogen-bond donors (Lipinski definition) is 1. The molecule has 0 aliphatic carbocycles. The molecule has 0 aromatic carbocycles. The Morgan fingerprint density at radius 3 is 2.29 bits per heavy atom. The number of nitrogens with zero attached hydrogens (tertiary/aromatic N) is 1. The van der Waals surface area contributed by atoms with Crippen LogP contribution >= 0.6 is 0 Å². The Morgan fingerprint density at radius 1 is 1.43 bits per heavy atom. The molecule has 2 unspecified atom stereocenters. The third-order valence-corrected chi connectivity index (χ3v) is 3.73. The first-order chi connectivity index (χ1) is 6.34. The molecule has 2 atom stereocenters. The third kappa shape index (κ3) is 1.82. The molecule has 1 N–H and O–H groups in total. The van der Waals surface area contributed by atoms with Crippen LogP contribution in [0.1, 0.15) is 53.9 Å². The normalized spacial score (nSPS) is 32.1. The van der Waals surface area contributed by atoms with Crippen molar-refractivity contribution in [1.29, 1.82) is 0 Å². The molecule has 1 rings (SSSR count). The van der Waals surface area contributed by atoms with Crippen molar-refractivity contribution < 1.29 is 5.11 Å². The monoisotopic (exact) mass is 199 g/mol. The van der Waals surface area contributed by atoms with E-state index in [2.05, 4.69) is 32.6 Å². The van der Waals surface area contributed by atoms with Crippen molar-refractivity contribution in [2.24, 2.45) is 0 Å². The fraction of sp³-hybridized carbons (Fsp3) is 1.00. The second kappa shape index (κ2) is 3.82. The molecule has 1 heterocycles. The minimum atomic E-state index is -0.228. The lowest BCUT2D eigenvalue weighted by Crippen LogP contribution is -2.58. The van der Waals surface area contributed by atoms with E-state index in [1.54, 1.807) is 0 Å². The van der Waals surface area contributed by atoms with E-state index in [0.29, 0.717) is 0 Å². The smallest absolute Gasteiger partial charge is 0.0695 e. The minimum absolute atomic E-state index is 0.0260. The molecule has 0 aromatic heterocycles. The third-order valence-electron chi connectivity index (χ3n) is 3.73. The second-order valence-corrected chi connectivity index (χ2v) is 5.56. The first-order valence-electron chi connectivity index (χ1n) is 5.80. The predicted molar refractivity (Wildman–Crippen MR) is 60.4 cm³/mol. The van der Waals surface area contributed by atoms with Gasteiger partial charge in [-0.1, -0.05) is 6.92 Å². The van der Waals surface area contributed by atoms with Gasteiger partial charge in [0.15, 0.2) is 0 Å². The lowest BCUT2D eigenvalue weighted by molar-refractivity contribution is -0.0441. The van der Waals surface area contributed by atoms with Crippen LogP contribution in [0.3, 0.4) is 0 Å². The lowest BCUT2D eigenvalue weighted by Gasteiger charge is -2.47. The van der Waals surface area contributed by atoms with Gasteiger partial charge in [-0.25, -0.2) is 0 Å². The van der Waals surface area contributed by atoms with Crippen LogP contribution in [0.4, 0.5) is 0 Å². The van der Waals surface area contributed by atoms with Gasteiger partial charge in [-0.2, -0.15) is 0 Å². The van der Waals surface area contributed by atoms with Gasteiger partial charge in [0.05, 0.1) is 6.10 Å². The van der Waals surface area contributed by atoms with Crippen LogP contribution in [0.15, 0.2) is 0 Å². The fourth-order valence-electron chi connectivity index (χ4n) is 3.00. The molecule has 0 saturated carbocycles. The van der Waals surface area contributed by atoms with Crippen molar-refractivity contribution in [3.8, 4) is 0 Å². The molecule has 1 aliphatic heterocycles. The first kappa shape index (κ1) is 12.0. The van der Waals surface area contributed by atoms with Crippen molar-refractivity contribution in [2.45, 2.75) is 71.1 Å². The summed E-state index contributed by atoms with van der Waals surface area (Å²) in [5.41, 5.74) is 0.196. The van der Waals surface area contributed by atoms with Crippen molar-refractivity contribution in [2.75, 3.05) is 6.54 Å². The zero-order valence-corrected chi connectivity index (χ0v) is 10.3. The van der Waals surface area contributed by atoms with Crippen LogP contribution in [0.25, 0.3) is 0 Å². The maximum absolute atomic E-state index is 9.99. The van der Waals surface area contributed by atoms with E-state index < -0.39 is 0 Å². The van der Waals surface area contributed by atoms with E-state index in [9.17, 15) is 5.11 Å². The molecule has 0 radical (unpaired) electrons. The molecule has 2 heteroatoms. The van der Waals surface area contributed by atoms with Crippen molar-refractivity contribution in [1.82, 2.24) is 4.90 Å². The molecular formula is C12H25NO. The lowest BCUT2D eigenvalue weighted by atomic mass is 9.84. The van der Waals surface area contributed by atoms with Crippen LogP contribution in [0.5, 0.6) is 0 Å². The summed E-state index contributed by atoms with van der Waals surface area (Å²) >= 11 is 0. The highest BCUT2D eigenvalue weighted by atomic mass is 16.3. The quantitative estimate of drug-likeness (QED) is 0.738. The van der Waals surface area contributed by atoms with E-state index in [1.165, 1.54) is 6.42 Å². The van der Waals surface area contributed by atoms with Gasteiger partial charge in [-0.3, -0.25) is 4.90 Å². The number of likely N-dealkylation sites (tertiary alicyclic amines) is 1. The fourth-order valence-corrected chi connectivity index (χ4v) is 3.00. The number of aliphatic hydroxyl groups is 1. The van der Waals surface area contributed by atoms with Gasteiger partial charge in [-0.05, 0) is 53.5 Å². The Kier molecular flexibility index (Phi) is 3.27. The summed E-state index contributed by atoms with van der Waals surface area (Å²) in [6, 6.07) is 0. The maximum Gasteiger partial charge on any atom is 0.0695 e. The number of hydrogen-bond acceptors (Lipinski definition) is 2. The van der Waals surface area contributed by atoms with Gasteiger partial charge in [0.1, 0.15) is 0 Å². The molecule has 0 spiro atoms. The zero-order chi connectivity index (χ0) is 11.0. The Morgan fingerprint density at radius 2 is 2.00 bits per heavy atom. The van der Waals surface area contributed by atoms with E-state index in [0.717, 1.165) is 19.4 Å². The summed E-state index contributed by atoms with van der Waals surface area (Å²) in [6.07, 6.45) is 3.17. The molecule has 84 valence electrons. The summed E-state index contributed by atoms with van der Waals surface area (Å²) in [5, 5.41) is 9.99. The summed E-state index contributed by atoms with van der Waals surface area (Å²) in [7, 11) is 0. The average Bonchev–Trinajstić information content (AvgIpc) is 2.47. The van der Waals surface area contributed by atoms with Crippen LogP contribution in [0.2, 0.25) is 0 Å². The Bertz CT molecular complexity index is 195. The summed E-state index contributed by atoms with van der Waals surface area (Å²) in [6.45, 7) is 12.0. The highest BCUT2D eigenvalue weighted by Crippen LogP contribution is 2.40. The minimum Gasteiger partial charge on any atom is -0.391 e. The molecule has 0 amide bonds. The van der Waals surface area contributed by atoms with E-state index in [1.807, 2.05) is 6.92 Å². The molecule has 1 fully saturated rings. The van der Waals surface area contributed by atoms with Crippen molar-refractivity contribution in [3.05, 3.63) is 0 Å². The van der Waals surface area contributed by atoms with Crippen molar-refractivity contribution in [3.63, 3.8) is 0 Å². The highest BCUT2D eigenvalue weighted by molar-refractivity contribution is 5.02. The molecule has 14 heavy (non-hydrogen) atoms. The van der Waals surface area contributed by atoms with Crippen LogP contribution in [0, 0.1) is 0 Å². The van der Waals surface area contributed by atoms with E-state index in [-0.39, 0.29) is 17.2 Å². The molecular weight excluding hydrogens is 174 g/mol. The second-order valence-electron chi connectivity index (χ2n) is 5.56. The summed E-state index contributed by atoms with van der Waals surface area (Å²) in [4.78, 5) is 2.49. The van der Waals surface area contributed by atoms with Crippen LogP contribution in [-0.2, 0) is 0 Å². The largest absolute Gasteiger partial charge is 0.391 e. The Labute approximate surface area is 88.3 Å². The highest BCUT2D eigenvalue weighted by Gasteiger charge is 2.47. The first-order valence-corrected chi connectivity index (χ1v) is 5.80. The molecule has 1 aliphatic rings. The van der Waals surface area contributed by atoms with Crippen LogP contribution in [-0.4, -0.2) is 33.7 Å².